The maximum Gasteiger partial charge on any atom is 0.228 e. The summed E-state index contributed by atoms with van der Waals surface area (Å²) < 4.78 is 17.0. The fraction of sp³-hybridized carbons (Fsp3) is 0.407. The number of anilines is 1. The van der Waals surface area contributed by atoms with E-state index in [0.717, 1.165) is 67.4 Å². The first-order valence-corrected chi connectivity index (χ1v) is 12.2. The Morgan fingerprint density at radius 3 is 2.51 bits per heavy atom. The number of methoxy groups -OCH3 is 2. The second-order valence-electron chi connectivity index (χ2n) is 9.01. The molecule has 35 heavy (non-hydrogen) atoms. The van der Waals surface area contributed by atoms with E-state index in [2.05, 4.69) is 9.80 Å². The zero-order valence-corrected chi connectivity index (χ0v) is 20.4. The van der Waals surface area contributed by atoms with E-state index in [1.807, 2.05) is 36.4 Å². The molecular weight excluding hydrogens is 444 g/mol. The predicted octanol–water partition coefficient (Wildman–Crippen LogP) is 4.54. The van der Waals surface area contributed by atoms with Gasteiger partial charge < -0.3 is 24.2 Å². The average Bonchev–Trinajstić information content (AvgIpc) is 2.90. The number of ether oxygens (including phenoxy) is 3. The first-order chi connectivity index (χ1) is 17.1. The average molecular weight is 477 g/mol. The van der Waals surface area contributed by atoms with Crippen molar-refractivity contribution in [2.45, 2.75) is 38.8 Å². The van der Waals surface area contributed by atoms with Gasteiger partial charge in [-0.15, -0.1) is 0 Å². The standard InChI is InChI=1S/C27H32N4O4/c1-33-20-9-7-10-21(16-20)35-26-22-18-30(17-19-8-6-11-24(34-2)25(19)32)15-12-23(22)28-27(29-26)31-13-4-3-5-14-31/h6-11,16,32H,3-5,12-15,17-18H2,1-2H3. The molecule has 5 rings (SSSR count). The Morgan fingerprint density at radius 2 is 1.71 bits per heavy atom. The van der Waals surface area contributed by atoms with Crippen LogP contribution < -0.4 is 19.1 Å². The summed E-state index contributed by atoms with van der Waals surface area (Å²) in [5.41, 5.74) is 2.85. The van der Waals surface area contributed by atoms with Crippen molar-refractivity contribution >= 4 is 5.95 Å². The van der Waals surface area contributed by atoms with Crippen LogP contribution in [0.3, 0.4) is 0 Å². The lowest BCUT2D eigenvalue weighted by Crippen LogP contribution is -2.34. The van der Waals surface area contributed by atoms with Crippen LogP contribution in [0.25, 0.3) is 0 Å². The van der Waals surface area contributed by atoms with E-state index in [-0.39, 0.29) is 5.75 Å². The summed E-state index contributed by atoms with van der Waals surface area (Å²) in [5.74, 6) is 3.42. The van der Waals surface area contributed by atoms with Crippen molar-refractivity contribution in [2.75, 3.05) is 38.8 Å². The Kier molecular flexibility index (Phi) is 6.90. The number of piperidine rings is 1. The van der Waals surface area contributed by atoms with Crippen molar-refractivity contribution < 1.29 is 19.3 Å². The largest absolute Gasteiger partial charge is 0.504 e. The van der Waals surface area contributed by atoms with Crippen LogP contribution in [-0.2, 0) is 19.5 Å². The molecule has 1 aromatic heterocycles. The van der Waals surface area contributed by atoms with E-state index < -0.39 is 0 Å². The third kappa shape index (κ3) is 5.12. The number of aromatic nitrogens is 2. The lowest BCUT2D eigenvalue weighted by molar-refractivity contribution is 0.234. The number of hydrogen-bond donors (Lipinski definition) is 1. The molecule has 0 atom stereocenters. The smallest absolute Gasteiger partial charge is 0.228 e. The van der Waals surface area contributed by atoms with Crippen LogP contribution >= 0.6 is 0 Å². The van der Waals surface area contributed by atoms with E-state index >= 15 is 0 Å². The van der Waals surface area contributed by atoms with Crippen LogP contribution in [-0.4, -0.2) is 53.8 Å². The third-order valence-corrected chi connectivity index (χ3v) is 6.68. The van der Waals surface area contributed by atoms with E-state index in [1.165, 1.54) is 6.42 Å². The molecule has 0 amide bonds. The molecule has 0 spiro atoms. The number of aromatic hydroxyl groups is 1. The fourth-order valence-corrected chi connectivity index (χ4v) is 4.76. The SMILES string of the molecule is COc1cccc(Oc2nc(N3CCCCC3)nc3c2CN(Cc2cccc(OC)c2O)CC3)c1. The molecule has 2 aliphatic heterocycles. The van der Waals surface area contributed by atoms with Gasteiger partial charge in [0.05, 0.1) is 25.5 Å². The summed E-state index contributed by atoms with van der Waals surface area (Å²) in [5, 5.41) is 10.6. The molecule has 0 unspecified atom stereocenters. The van der Waals surface area contributed by atoms with Crippen molar-refractivity contribution in [1.82, 2.24) is 14.9 Å². The summed E-state index contributed by atoms with van der Waals surface area (Å²) in [6, 6.07) is 13.2. The van der Waals surface area contributed by atoms with Gasteiger partial charge in [-0.1, -0.05) is 18.2 Å². The van der Waals surface area contributed by atoms with Crippen LogP contribution in [0.2, 0.25) is 0 Å². The van der Waals surface area contributed by atoms with E-state index in [4.69, 9.17) is 24.2 Å². The molecule has 0 bridgehead atoms. The highest BCUT2D eigenvalue weighted by atomic mass is 16.5. The molecule has 2 aliphatic rings. The van der Waals surface area contributed by atoms with Gasteiger partial charge in [-0.25, -0.2) is 4.98 Å². The van der Waals surface area contributed by atoms with Gasteiger partial charge in [0.2, 0.25) is 11.8 Å². The second kappa shape index (κ2) is 10.4. The normalized spacial score (nSPS) is 16.0. The number of phenols is 1. The van der Waals surface area contributed by atoms with Gasteiger partial charge in [0, 0.05) is 50.8 Å². The molecule has 184 valence electrons. The highest BCUT2D eigenvalue weighted by Crippen LogP contribution is 2.35. The Bertz CT molecular complexity index is 1180. The van der Waals surface area contributed by atoms with Gasteiger partial charge in [-0.2, -0.15) is 4.98 Å². The quantitative estimate of drug-likeness (QED) is 0.532. The molecular formula is C27H32N4O4. The van der Waals surface area contributed by atoms with Crippen molar-refractivity contribution in [2.24, 2.45) is 0 Å². The van der Waals surface area contributed by atoms with E-state index in [0.29, 0.717) is 30.5 Å². The molecule has 0 radical (unpaired) electrons. The van der Waals surface area contributed by atoms with Gasteiger partial charge >= 0.3 is 0 Å². The van der Waals surface area contributed by atoms with Crippen molar-refractivity contribution in [3.63, 3.8) is 0 Å². The molecule has 3 heterocycles. The van der Waals surface area contributed by atoms with Crippen LogP contribution in [0.15, 0.2) is 42.5 Å². The summed E-state index contributed by atoms with van der Waals surface area (Å²) >= 11 is 0. The number of para-hydroxylation sites is 1. The first-order valence-electron chi connectivity index (χ1n) is 12.2. The number of benzene rings is 2. The molecule has 3 aromatic rings. The van der Waals surface area contributed by atoms with Crippen LogP contribution in [0.4, 0.5) is 5.95 Å². The number of rotatable bonds is 7. The minimum Gasteiger partial charge on any atom is -0.504 e. The summed E-state index contributed by atoms with van der Waals surface area (Å²) in [6.07, 6.45) is 4.35. The lowest BCUT2D eigenvalue weighted by Gasteiger charge is -2.32. The predicted molar refractivity (Wildman–Crippen MR) is 134 cm³/mol. The van der Waals surface area contributed by atoms with Crippen molar-refractivity contribution in [3.05, 3.63) is 59.3 Å². The number of fused-ring (bicyclic) bond motifs is 1. The monoisotopic (exact) mass is 476 g/mol. The van der Waals surface area contributed by atoms with Gasteiger partial charge in [-0.05, 0) is 37.5 Å². The molecule has 0 saturated carbocycles. The van der Waals surface area contributed by atoms with Gasteiger partial charge in [0.25, 0.3) is 0 Å². The minimum absolute atomic E-state index is 0.186. The molecule has 2 aromatic carbocycles. The Balaban J connectivity index is 1.45. The number of nitrogens with zero attached hydrogens (tertiary/aromatic N) is 4. The topological polar surface area (TPSA) is 80.2 Å². The Morgan fingerprint density at radius 1 is 0.914 bits per heavy atom. The van der Waals surface area contributed by atoms with Crippen molar-refractivity contribution in [1.29, 1.82) is 0 Å². The maximum atomic E-state index is 10.6. The fourth-order valence-electron chi connectivity index (χ4n) is 4.76. The van der Waals surface area contributed by atoms with Crippen LogP contribution in [0, 0.1) is 0 Å². The first kappa shape index (κ1) is 23.2. The molecule has 1 fully saturated rings. The zero-order chi connectivity index (χ0) is 24.2. The molecule has 0 aliphatic carbocycles. The molecule has 1 N–H and O–H groups in total. The minimum atomic E-state index is 0.186. The Labute approximate surface area is 206 Å². The van der Waals surface area contributed by atoms with Crippen molar-refractivity contribution in [3.8, 4) is 28.9 Å². The Hall–Kier alpha value is -3.52. The highest BCUT2D eigenvalue weighted by molar-refractivity contribution is 5.47. The molecule has 8 nitrogen and oxygen atoms in total. The van der Waals surface area contributed by atoms with Crippen LogP contribution in [0.1, 0.15) is 36.1 Å². The molecule has 1 saturated heterocycles. The number of phenolic OH excluding ortho intramolecular Hbond substituents is 1. The zero-order valence-electron chi connectivity index (χ0n) is 20.4. The summed E-state index contributed by atoms with van der Waals surface area (Å²) in [6.45, 7) is 4.00. The van der Waals surface area contributed by atoms with Gasteiger partial charge in [0.1, 0.15) is 11.5 Å². The summed E-state index contributed by atoms with van der Waals surface area (Å²) in [4.78, 5) is 14.4. The van der Waals surface area contributed by atoms with Gasteiger partial charge in [0.15, 0.2) is 11.5 Å². The third-order valence-electron chi connectivity index (χ3n) is 6.68. The van der Waals surface area contributed by atoms with E-state index in [9.17, 15) is 5.11 Å². The number of hydrogen-bond acceptors (Lipinski definition) is 8. The van der Waals surface area contributed by atoms with Gasteiger partial charge in [-0.3, -0.25) is 4.90 Å². The molecule has 8 heteroatoms. The second-order valence-corrected chi connectivity index (χ2v) is 9.01. The lowest BCUT2D eigenvalue weighted by atomic mass is 10.0. The summed E-state index contributed by atoms with van der Waals surface area (Å²) in [7, 11) is 3.21. The maximum absolute atomic E-state index is 10.6. The van der Waals surface area contributed by atoms with E-state index in [1.54, 1.807) is 20.3 Å². The van der Waals surface area contributed by atoms with Crippen LogP contribution in [0.5, 0.6) is 28.9 Å². The highest BCUT2D eigenvalue weighted by Gasteiger charge is 2.27.